The van der Waals surface area contributed by atoms with Crippen LogP contribution in [0.4, 0.5) is 5.69 Å². The number of ether oxygens (including phenoxy) is 2. The van der Waals surface area contributed by atoms with E-state index in [-0.39, 0.29) is 23.9 Å². The van der Waals surface area contributed by atoms with E-state index in [1.165, 1.54) is 6.26 Å². The Kier molecular flexibility index (Phi) is 6.31. The van der Waals surface area contributed by atoms with Gasteiger partial charge in [-0.25, -0.2) is 13.1 Å². The molecule has 3 aromatic rings. The van der Waals surface area contributed by atoms with Gasteiger partial charge in [0.05, 0.1) is 11.7 Å². The van der Waals surface area contributed by atoms with Crippen LogP contribution in [-0.2, 0) is 32.2 Å². The summed E-state index contributed by atoms with van der Waals surface area (Å²) in [5, 5.41) is 4.19. The first kappa shape index (κ1) is 25.7. The van der Waals surface area contributed by atoms with Gasteiger partial charge in [0, 0.05) is 40.8 Å². The molecule has 0 spiro atoms. The third kappa shape index (κ3) is 5.22. The van der Waals surface area contributed by atoms with Crippen LogP contribution in [0.5, 0.6) is 11.5 Å². The number of fused-ring (bicyclic) bond motifs is 2. The molecule has 2 N–H and O–H groups in total. The Bertz CT molecular complexity index is 1470. The fourth-order valence-electron chi connectivity index (χ4n) is 5.05. The van der Waals surface area contributed by atoms with Gasteiger partial charge in [-0.2, -0.15) is 0 Å². The summed E-state index contributed by atoms with van der Waals surface area (Å²) < 4.78 is 38.9. The molecule has 1 amide bonds. The van der Waals surface area contributed by atoms with E-state index in [9.17, 15) is 13.2 Å². The molecule has 10 heteroatoms. The van der Waals surface area contributed by atoms with Crippen molar-refractivity contribution in [3.63, 3.8) is 0 Å². The van der Waals surface area contributed by atoms with Crippen LogP contribution in [0.15, 0.2) is 42.5 Å². The highest BCUT2D eigenvalue weighted by Crippen LogP contribution is 2.51. The van der Waals surface area contributed by atoms with Crippen LogP contribution in [0.1, 0.15) is 44.9 Å². The summed E-state index contributed by atoms with van der Waals surface area (Å²) in [7, 11) is -1.20. The molecule has 1 aliphatic carbocycles. The average Bonchev–Trinajstić information content (AvgIpc) is 3.36. The minimum Gasteiger partial charge on any atom is -0.454 e. The van der Waals surface area contributed by atoms with Crippen molar-refractivity contribution in [3.05, 3.63) is 53.7 Å². The fourth-order valence-corrected chi connectivity index (χ4v) is 5.64. The summed E-state index contributed by atoms with van der Waals surface area (Å²) in [5.74, 6) is 1.49. The number of benzene rings is 2. The lowest BCUT2D eigenvalue weighted by Gasteiger charge is -2.24. The SMILES string of the molecule is BC(CNS(C)(=O)=O)Cn1c(C(C)(C)C)cc2cc(NC(=O)C3(c4ccc5c(c4)OCO5)CC3)ccc21. The molecule has 1 aliphatic heterocycles. The molecule has 0 radical (unpaired) electrons. The molecule has 0 bridgehead atoms. The summed E-state index contributed by atoms with van der Waals surface area (Å²) in [6, 6.07) is 13.9. The quantitative estimate of drug-likeness (QED) is 0.442. The van der Waals surface area contributed by atoms with E-state index in [4.69, 9.17) is 9.47 Å². The van der Waals surface area contributed by atoms with E-state index >= 15 is 0 Å². The number of sulfonamides is 1. The van der Waals surface area contributed by atoms with Gasteiger partial charge in [0.2, 0.25) is 22.7 Å². The van der Waals surface area contributed by atoms with Crippen LogP contribution in [0.3, 0.4) is 0 Å². The van der Waals surface area contributed by atoms with Gasteiger partial charge in [-0.15, -0.1) is 0 Å². The van der Waals surface area contributed by atoms with Crippen LogP contribution >= 0.6 is 0 Å². The normalized spacial score (nSPS) is 17.1. The first-order chi connectivity index (χ1) is 17.4. The number of carbonyl (C=O) groups excluding carboxylic acids is 1. The number of nitrogens with zero attached hydrogens (tertiary/aromatic N) is 1. The van der Waals surface area contributed by atoms with E-state index < -0.39 is 15.4 Å². The minimum absolute atomic E-state index is 0.0123. The van der Waals surface area contributed by atoms with Gasteiger partial charge in [-0.1, -0.05) is 26.8 Å². The van der Waals surface area contributed by atoms with Crippen molar-refractivity contribution < 1.29 is 22.7 Å². The maximum Gasteiger partial charge on any atom is 0.235 e. The zero-order valence-corrected chi connectivity index (χ0v) is 22.9. The second-order valence-corrected chi connectivity index (χ2v) is 13.3. The molecule has 5 rings (SSSR count). The third-order valence-corrected chi connectivity index (χ3v) is 7.92. The highest BCUT2D eigenvalue weighted by atomic mass is 32.2. The smallest absolute Gasteiger partial charge is 0.235 e. The molecule has 8 nitrogen and oxygen atoms in total. The minimum atomic E-state index is -3.24. The molecule has 2 heterocycles. The van der Waals surface area contributed by atoms with Crippen molar-refractivity contribution in [2.24, 2.45) is 0 Å². The molecule has 2 aliphatic rings. The second kappa shape index (κ2) is 9.10. The van der Waals surface area contributed by atoms with E-state index in [0.29, 0.717) is 24.6 Å². The summed E-state index contributed by atoms with van der Waals surface area (Å²) >= 11 is 0. The van der Waals surface area contributed by atoms with Crippen LogP contribution in [0.2, 0.25) is 5.82 Å². The molecule has 196 valence electrons. The highest BCUT2D eigenvalue weighted by Gasteiger charge is 2.51. The van der Waals surface area contributed by atoms with Crippen molar-refractivity contribution in [2.45, 2.75) is 56.8 Å². The summed E-state index contributed by atoms with van der Waals surface area (Å²) in [6.07, 6.45) is 2.77. The fraction of sp³-hybridized carbons (Fsp3) is 0.444. The number of hydrogen-bond acceptors (Lipinski definition) is 5. The van der Waals surface area contributed by atoms with Gasteiger partial charge < -0.3 is 19.4 Å². The largest absolute Gasteiger partial charge is 0.454 e. The number of anilines is 1. The predicted molar refractivity (Wildman–Crippen MR) is 148 cm³/mol. The lowest BCUT2D eigenvalue weighted by Crippen LogP contribution is -2.29. The number of rotatable bonds is 8. The molecule has 1 unspecified atom stereocenters. The lowest BCUT2D eigenvalue weighted by molar-refractivity contribution is -0.118. The Morgan fingerprint density at radius 2 is 1.84 bits per heavy atom. The number of aromatic nitrogens is 1. The van der Waals surface area contributed by atoms with Gasteiger partial charge in [0.25, 0.3) is 0 Å². The molecule has 1 fully saturated rings. The maximum atomic E-state index is 13.4. The maximum absolute atomic E-state index is 13.4. The monoisotopic (exact) mass is 523 g/mol. The molecule has 1 aromatic heterocycles. The summed E-state index contributed by atoms with van der Waals surface area (Å²) in [6.45, 7) is 7.77. The average molecular weight is 523 g/mol. The van der Waals surface area contributed by atoms with Gasteiger partial charge in [0.15, 0.2) is 11.5 Å². The summed E-state index contributed by atoms with van der Waals surface area (Å²) in [4.78, 5) is 13.4. The molecular weight excluding hydrogens is 489 g/mol. The van der Waals surface area contributed by atoms with E-state index in [2.05, 4.69) is 41.4 Å². The Balaban J connectivity index is 1.39. The van der Waals surface area contributed by atoms with Gasteiger partial charge >= 0.3 is 0 Å². The Hall–Kier alpha value is -2.98. The molecule has 1 saturated carbocycles. The number of carbonyl (C=O) groups is 1. The zero-order valence-electron chi connectivity index (χ0n) is 22.1. The van der Waals surface area contributed by atoms with Crippen LogP contribution in [0, 0.1) is 0 Å². The number of hydrogen-bond donors (Lipinski definition) is 2. The standard InChI is InChI=1S/C27H34BN3O5S/c1-26(2,3)24-12-17-11-20(6-7-21(17)31(24)15-19(28)14-29-37(4,33)34)30-25(32)27(9-10-27)18-5-8-22-23(13-18)36-16-35-22/h5-8,11-13,19,29H,9-10,14-16,28H2,1-4H3,(H,30,32). The van der Waals surface area contributed by atoms with Crippen molar-refractivity contribution in [1.82, 2.24) is 9.29 Å². The molecule has 1 atom stereocenters. The van der Waals surface area contributed by atoms with Gasteiger partial charge in [-0.3, -0.25) is 4.79 Å². The van der Waals surface area contributed by atoms with E-state index in [0.717, 1.165) is 40.7 Å². The third-order valence-electron chi connectivity index (χ3n) is 7.23. The van der Waals surface area contributed by atoms with E-state index in [1.54, 1.807) is 0 Å². The molecule has 2 aromatic carbocycles. The van der Waals surface area contributed by atoms with Crippen LogP contribution in [0.25, 0.3) is 10.9 Å². The van der Waals surface area contributed by atoms with Crippen molar-refractivity contribution in [3.8, 4) is 11.5 Å². The molecule has 0 saturated heterocycles. The number of amides is 1. The first-order valence-corrected chi connectivity index (χ1v) is 14.5. The summed E-state index contributed by atoms with van der Waals surface area (Å²) in [5.41, 5.74) is 3.29. The number of nitrogens with one attached hydrogen (secondary N) is 2. The van der Waals surface area contributed by atoms with Crippen molar-refractivity contribution in [2.75, 3.05) is 24.9 Å². The molecule has 37 heavy (non-hydrogen) atoms. The predicted octanol–water partition coefficient (Wildman–Crippen LogP) is 3.31. The Morgan fingerprint density at radius 3 is 2.51 bits per heavy atom. The molecular formula is C27H34BN3O5S. The zero-order chi connectivity index (χ0) is 26.6. The Labute approximate surface area is 219 Å². The van der Waals surface area contributed by atoms with Crippen LogP contribution < -0.4 is 19.5 Å². The van der Waals surface area contributed by atoms with Crippen molar-refractivity contribution >= 4 is 40.4 Å². The Morgan fingerprint density at radius 1 is 1.11 bits per heavy atom. The van der Waals surface area contributed by atoms with Gasteiger partial charge in [0.1, 0.15) is 7.85 Å². The van der Waals surface area contributed by atoms with Crippen molar-refractivity contribution in [1.29, 1.82) is 0 Å². The van der Waals surface area contributed by atoms with Crippen LogP contribution in [-0.4, -0.2) is 46.3 Å². The second-order valence-electron chi connectivity index (χ2n) is 11.5. The van der Waals surface area contributed by atoms with E-state index in [1.807, 2.05) is 44.2 Å². The van der Waals surface area contributed by atoms with Gasteiger partial charge in [-0.05, 0) is 60.6 Å². The highest BCUT2D eigenvalue weighted by molar-refractivity contribution is 7.88. The first-order valence-electron chi connectivity index (χ1n) is 12.7. The topological polar surface area (TPSA) is 98.7 Å². The lowest BCUT2D eigenvalue weighted by atomic mass is 9.86.